The number of carbonyl (C=O) groups is 1. The fourth-order valence-electron chi connectivity index (χ4n) is 3.29. The number of rotatable bonds is 5. The van der Waals surface area contributed by atoms with Gasteiger partial charge in [-0.25, -0.2) is 0 Å². The lowest BCUT2D eigenvalue weighted by atomic mass is 10.00. The first-order valence-corrected chi connectivity index (χ1v) is 8.64. The fraction of sp³-hybridized carbons (Fsp3) is 0.381. The molecule has 2 aromatic carbocycles. The molecule has 0 aliphatic carbocycles. The Morgan fingerprint density at radius 2 is 1.75 bits per heavy atom. The van der Waals surface area contributed by atoms with Gasteiger partial charge in [-0.2, -0.15) is 0 Å². The molecule has 3 nitrogen and oxygen atoms in total. The molecule has 1 amide bonds. The monoisotopic (exact) mass is 323 g/mol. The maximum Gasteiger partial charge on any atom is 0.256 e. The molecule has 0 saturated carbocycles. The van der Waals surface area contributed by atoms with Gasteiger partial charge in [-0.15, -0.1) is 0 Å². The van der Waals surface area contributed by atoms with Crippen molar-refractivity contribution in [3.05, 3.63) is 65.7 Å². The van der Waals surface area contributed by atoms with Crippen LogP contribution in [0.1, 0.15) is 31.9 Å². The summed E-state index contributed by atoms with van der Waals surface area (Å²) in [7, 11) is 0. The molecular formula is C21H25NO2. The summed E-state index contributed by atoms with van der Waals surface area (Å²) in [5, 5.41) is 0. The Labute approximate surface area is 144 Å². The van der Waals surface area contributed by atoms with Crippen LogP contribution in [-0.4, -0.2) is 18.1 Å². The van der Waals surface area contributed by atoms with Gasteiger partial charge in [0.25, 0.3) is 5.91 Å². The largest absolute Gasteiger partial charge is 0.364 e. The molecule has 3 rings (SSSR count). The van der Waals surface area contributed by atoms with Crippen molar-refractivity contribution in [1.82, 2.24) is 0 Å². The van der Waals surface area contributed by atoms with Crippen molar-refractivity contribution < 1.29 is 9.53 Å². The molecule has 24 heavy (non-hydrogen) atoms. The third-order valence-corrected chi connectivity index (χ3v) is 4.71. The average molecular weight is 323 g/mol. The van der Waals surface area contributed by atoms with Crippen molar-refractivity contribution >= 4 is 11.6 Å². The van der Waals surface area contributed by atoms with Gasteiger partial charge >= 0.3 is 0 Å². The molecule has 0 bridgehead atoms. The van der Waals surface area contributed by atoms with Crippen LogP contribution < -0.4 is 4.90 Å². The van der Waals surface area contributed by atoms with E-state index in [4.69, 9.17) is 4.74 Å². The minimum absolute atomic E-state index is 0.0505. The van der Waals surface area contributed by atoms with Crippen LogP contribution in [0.5, 0.6) is 0 Å². The van der Waals surface area contributed by atoms with Crippen LogP contribution in [0.15, 0.2) is 54.6 Å². The number of fused-ring (bicyclic) bond motifs is 1. The quantitative estimate of drug-likeness (QED) is 0.825. The summed E-state index contributed by atoms with van der Waals surface area (Å²) in [6.07, 6.45) is 0.461. The van der Waals surface area contributed by atoms with Crippen LogP contribution in [0, 0.1) is 5.92 Å². The second-order valence-corrected chi connectivity index (χ2v) is 6.79. The van der Waals surface area contributed by atoms with Crippen LogP contribution in [-0.2, 0) is 22.6 Å². The highest BCUT2D eigenvalue weighted by Crippen LogP contribution is 2.35. The first-order chi connectivity index (χ1) is 11.6. The maximum atomic E-state index is 13.0. The summed E-state index contributed by atoms with van der Waals surface area (Å²) in [5.41, 5.74) is 3.37. The van der Waals surface area contributed by atoms with E-state index in [9.17, 15) is 4.79 Å². The van der Waals surface area contributed by atoms with Gasteiger partial charge in [0.05, 0.1) is 6.61 Å². The summed E-state index contributed by atoms with van der Waals surface area (Å²) in [5.74, 6) is 0.456. The van der Waals surface area contributed by atoms with E-state index in [1.165, 1.54) is 5.56 Å². The topological polar surface area (TPSA) is 29.5 Å². The van der Waals surface area contributed by atoms with E-state index in [1.54, 1.807) is 0 Å². The van der Waals surface area contributed by atoms with Gasteiger partial charge in [0.1, 0.15) is 6.10 Å². The van der Waals surface area contributed by atoms with E-state index >= 15 is 0 Å². The molecule has 3 heteroatoms. The van der Waals surface area contributed by atoms with Gasteiger partial charge in [0.2, 0.25) is 0 Å². The molecule has 0 radical (unpaired) electrons. The zero-order valence-electron chi connectivity index (χ0n) is 14.6. The van der Waals surface area contributed by atoms with Crippen LogP contribution in [0.2, 0.25) is 0 Å². The van der Waals surface area contributed by atoms with Gasteiger partial charge in [0.15, 0.2) is 0 Å². The van der Waals surface area contributed by atoms with E-state index in [0.717, 1.165) is 17.7 Å². The first-order valence-electron chi connectivity index (χ1n) is 8.64. The van der Waals surface area contributed by atoms with Crippen molar-refractivity contribution in [2.45, 2.75) is 45.9 Å². The predicted molar refractivity (Wildman–Crippen MR) is 97.0 cm³/mol. The van der Waals surface area contributed by atoms with Crippen LogP contribution in [0.3, 0.4) is 0 Å². The van der Waals surface area contributed by atoms with E-state index in [2.05, 4.69) is 19.9 Å². The standard InChI is InChI=1S/C21H25NO2/c1-15(2)20-13-18-11-7-8-12-19(18)22(20)21(23)16(3)24-14-17-9-5-4-6-10-17/h4-12,15-16,20H,13-14H2,1-3H3. The molecule has 0 spiro atoms. The SMILES string of the molecule is CC(OCc1ccccc1)C(=O)N1c2ccccc2CC1C(C)C. The van der Waals surface area contributed by atoms with Crippen molar-refractivity contribution in [3.63, 3.8) is 0 Å². The number of ether oxygens (including phenoxy) is 1. The zero-order valence-corrected chi connectivity index (χ0v) is 14.6. The van der Waals surface area contributed by atoms with Crippen molar-refractivity contribution in [2.24, 2.45) is 5.92 Å². The average Bonchev–Trinajstić information content (AvgIpc) is 2.99. The number of nitrogens with zero attached hydrogens (tertiary/aromatic N) is 1. The summed E-state index contributed by atoms with van der Waals surface area (Å²) >= 11 is 0. The minimum Gasteiger partial charge on any atom is -0.364 e. The molecule has 126 valence electrons. The number of anilines is 1. The van der Waals surface area contributed by atoms with Gasteiger partial charge in [-0.1, -0.05) is 62.4 Å². The second kappa shape index (κ2) is 7.18. The molecule has 2 unspecified atom stereocenters. The van der Waals surface area contributed by atoms with Crippen molar-refractivity contribution in [2.75, 3.05) is 4.90 Å². The smallest absolute Gasteiger partial charge is 0.256 e. The summed E-state index contributed by atoms with van der Waals surface area (Å²) in [6.45, 7) is 6.65. The molecule has 0 aromatic heterocycles. The highest BCUT2D eigenvalue weighted by Gasteiger charge is 2.37. The molecule has 2 aromatic rings. The Bertz CT molecular complexity index is 696. The number of benzene rings is 2. The van der Waals surface area contributed by atoms with Crippen molar-refractivity contribution in [3.8, 4) is 0 Å². The molecule has 0 fully saturated rings. The Kier molecular flexibility index (Phi) is 5.00. The van der Waals surface area contributed by atoms with Gasteiger partial charge < -0.3 is 9.64 Å². The zero-order chi connectivity index (χ0) is 17.1. The van der Waals surface area contributed by atoms with Gasteiger partial charge in [-0.3, -0.25) is 4.79 Å². The van der Waals surface area contributed by atoms with E-state index in [1.807, 2.05) is 60.4 Å². The van der Waals surface area contributed by atoms with Crippen LogP contribution in [0.25, 0.3) is 0 Å². The Morgan fingerprint density at radius 1 is 1.08 bits per heavy atom. The summed E-state index contributed by atoms with van der Waals surface area (Å²) < 4.78 is 5.85. The van der Waals surface area contributed by atoms with E-state index in [-0.39, 0.29) is 11.9 Å². The molecule has 2 atom stereocenters. The molecule has 0 saturated heterocycles. The highest BCUT2D eigenvalue weighted by molar-refractivity contribution is 5.99. The van der Waals surface area contributed by atoms with Gasteiger partial charge in [-0.05, 0) is 36.5 Å². The number of amides is 1. The molecule has 1 aliphatic heterocycles. The lowest BCUT2D eigenvalue weighted by molar-refractivity contribution is -0.130. The Morgan fingerprint density at radius 3 is 2.46 bits per heavy atom. The van der Waals surface area contributed by atoms with Crippen LogP contribution >= 0.6 is 0 Å². The number of hydrogen-bond donors (Lipinski definition) is 0. The maximum absolute atomic E-state index is 13.0. The highest BCUT2D eigenvalue weighted by atomic mass is 16.5. The van der Waals surface area contributed by atoms with E-state index < -0.39 is 6.10 Å². The minimum atomic E-state index is -0.461. The fourth-order valence-corrected chi connectivity index (χ4v) is 3.29. The number of hydrogen-bond acceptors (Lipinski definition) is 2. The summed E-state index contributed by atoms with van der Waals surface area (Å²) in [6, 6.07) is 18.4. The molecular weight excluding hydrogens is 298 g/mol. The molecule has 0 N–H and O–H groups in total. The number of carbonyl (C=O) groups excluding carboxylic acids is 1. The summed E-state index contributed by atoms with van der Waals surface area (Å²) in [4.78, 5) is 15.0. The normalized spacial score (nSPS) is 17.8. The Hall–Kier alpha value is -2.13. The molecule has 1 aliphatic rings. The predicted octanol–water partition coefficient (Wildman–Crippen LogP) is 4.21. The van der Waals surface area contributed by atoms with E-state index in [0.29, 0.717) is 12.5 Å². The molecule has 1 heterocycles. The first kappa shape index (κ1) is 16.7. The third-order valence-electron chi connectivity index (χ3n) is 4.71. The second-order valence-electron chi connectivity index (χ2n) is 6.79. The third kappa shape index (κ3) is 3.36. The van der Waals surface area contributed by atoms with Crippen LogP contribution in [0.4, 0.5) is 5.69 Å². The van der Waals surface area contributed by atoms with Crippen molar-refractivity contribution in [1.29, 1.82) is 0 Å². The Balaban J connectivity index is 1.74. The van der Waals surface area contributed by atoms with Gasteiger partial charge in [0, 0.05) is 11.7 Å². The lowest BCUT2D eigenvalue weighted by Crippen LogP contribution is -2.46. The number of para-hydroxylation sites is 1. The lowest BCUT2D eigenvalue weighted by Gasteiger charge is -2.30.